The molecule has 3 rings (SSSR count). The van der Waals surface area contributed by atoms with Crippen molar-refractivity contribution in [3.63, 3.8) is 0 Å². The second-order valence-corrected chi connectivity index (χ2v) is 7.27. The molecule has 134 valence electrons. The first kappa shape index (κ1) is 17.8. The van der Waals surface area contributed by atoms with Gasteiger partial charge in [-0.3, -0.25) is 14.8 Å². The van der Waals surface area contributed by atoms with Gasteiger partial charge in [-0.15, -0.1) is 5.10 Å². The summed E-state index contributed by atoms with van der Waals surface area (Å²) < 4.78 is 29.0. The largest absolute Gasteiger partial charge is 0.289 e. The minimum Gasteiger partial charge on any atom is -0.279 e. The predicted molar refractivity (Wildman–Crippen MR) is 92.8 cm³/mol. The highest BCUT2D eigenvalue weighted by molar-refractivity contribution is 7.92. The first-order valence-electron chi connectivity index (χ1n) is 7.09. The van der Waals surface area contributed by atoms with E-state index in [9.17, 15) is 18.5 Å². The van der Waals surface area contributed by atoms with E-state index in [1.165, 1.54) is 23.1 Å². The van der Waals surface area contributed by atoms with Crippen LogP contribution in [0.25, 0.3) is 5.69 Å². The molecule has 0 bridgehead atoms. The average Bonchev–Trinajstić information content (AvgIpc) is 3.11. The smallest absolute Gasteiger partial charge is 0.279 e. The molecule has 0 saturated heterocycles. The number of aromatic nitrogens is 4. The first-order valence-corrected chi connectivity index (χ1v) is 8.95. The Morgan fingerprint density at radius 3 is 2.69 bits per heavy atom. The lowest BCUT2D eigenvalue weighted by molar-refractivity contribution is -0.384. The Hall–Kier alpha value is -3.05. The number of hydrogen-bond donors (Lipinski definition) is 1. The molecule has 0 fully saturated rings. The number of anilines is 1. The lowest BCUT2D eigenvalue weighted by Crippen LogP contribution is -2.15. The molecule has 1 N–H and O–H groups in total. The van der Waals surface area contributed by atoms with Crippen LogP contribution in [0, 0.1) is 17.0 Å². The van der Waals surface area contributed by atoms with E-state index in [0.29, 0.717) is 11.3 Å². The van der Waals surface area contributed by atoms with Crippen LogP contribution in [0.15, 0.2) is 47.6 Å². The summed E-state index contributed by atoms with van der Waals surface area (Å²) in [6, 6.07) is 8.18. The molecule has 3 aromatic rings. The molecule has 1 aromatic heterocycles. The Bertz CT molecular complexity index is 1080. The number of nitrogens with zero attached hydrogens (tertiary/aromatic N) is 5. The van der Waals surface area contributed by atoms with E-state index in [1.54, 1.807) is 25.1 Å². The van der Waals surface area contributed by atoms with Gasteiger partial charge in [-0.05, 0) is 47.2 Å². The average molecular weight is 395 g/mol. The fourth-order valence-electron chi connectivity index (χ4n) is 2.26. The van der Waals surface area contributed by atoms with Gasteiger partial charge in [0.2, 0.25) is 0 Å². The number of nitrogens with one attached hydrogen (secondary N) is 1. The standard InChI is InChI=1S/C14H11ClN6O4S/c1-9-12(3-2-4-13(9)20-8-16-18-19-20)17-26(24,25)10-5-6-11(15)14(7-10)21(22)23/h2-8,17H,1H3. The van der Waals surface area contributed by atoms with Crippen LogP contribution in [0.2, 0.25) is 5.02 Å². The van der Waals surface area contributed by atoms with Crippen LogP contribution in [0.5, 0.6) is 0 Å². The van der Waals surface area contributed by atoms with Gasteiger partial charge >= 0.3 is 0 Å². The van der Waals surface area contributed by atoms with Gasteiger partial charge in [-0.1, -0.05) is 17.7 Å². The molecule has 0 radical (unpaired) electrons. The summed E-state index contributed by atoms with van der Waals surface area (Å²) in [6.07, 6.45) is 1.38. The van der Waals surface area contributed by atoms with Crippen LogP contribution >= 0.6 is 11.6 Å². The van der Waals surface area contributed by atoms with E-state index < -0.39 is 20.6 Å². The van der Waals surface area contributed by atoms with E-state index in [0.717, 1.165) is 6.07 Å². The van der Waals surface area contributed by atoms with Crippen molar-refractivity contribution in [3.8, 4) is 5.69 Å². The number of nitro benzene ring substituents is 1. The molecule has 1 heterocycles. The van der Waals surface area contributed by atoms with Crippen LogP contribution in [0.1, 0.15) is 5.56 Å². The molecule has 0 aliphatic heterocycles. The van der Waals surface area contributed by atoms with Crippen molar-refractivity contribution in [2.45, 2.75) is 11.8 Å². The van der Waals surface area contributed by atoms with Gasteiger partial charge in [0.1, 0.15) is 11.3 Å². The van der Waals surface area contributed by atoms with E-state index in [2.05, 4.69) is 20.2 Å². The molecule has 0 amide bonds. The third-order valence-corrected chi connectivity index (χ3v) is 5.25. The summed E-state index contributed by atoms with van der Waals surface area (Å²) in [7, 11) is -4.07. The molecule has 0 unspecified atom stereocenters. The monoisotopic (exact) mass is 394 g/mol. The zero-order chi connectivity index (χ0) is 18.9. The molecular weight excluding hydrogens is 384 g/mol. The SMILES string of the molecule is Cc1c(NS(=O)(=O)c2ccc(Cl)c([N+](=O)[O-])c2)cccc1-n1cnnn1. The molecule has 26 heavy (non-hydrogen) atoms. The third-order valence-electron chi connectivity index (χ3n) is 3.57. The number of nitro groups is 1. The molecule has 12 heteroatoms. The predicted octanol–water partition coefficient (Wildman–Crippen LogP) is 2.33. The molecule has 10 nitrogen and oxygen atoms in total. The van der Waals surface area contributed by atoms with Crippen molar-refractivity contribution in [1.82, 2.24) is 20.2 Å². The van der Waals surface area contributed by atoms with E-state index in [1.807, 2.05) is 0 Å². The summed E-state index contributed by atoms with van der Waals surface area (Å²) in [5.74, 6) is 0. The highest BCUT2D eigenvalue weighted by Crippen LogP contribution is 2.29. The summed E-state index contributed by atoms with van der Waals surface area (Å²) in [4.78, 5) is 9.95. The normalized spacial score (nSPS) is 11.3. The number of rotatable bonds is 5. The molecule has 0 aliphatic carbocycles. The van der Waals surface area contributed by atoms with E-state index in [-0.39, 0.29) is 15.6 Å². The van der Waals surface area contributed by atoms with Crippen LogP contribution in [-0.2, 0) is 10.0 Å². The van der Waals surface area contributed by atoms with Gasteiger partial charge in [0.25, 0.3) is 15.7 Å². The first-order chi connectivity index (χ1) is 12.3. The molecule has 0 spiro atoms. The van der Waals surface area contributed by atoms with Crippen LogP contribution in [-0.4, -0.2) is 33.5 Å². The quantitative estimate of drug-likeness (QED) is 0.518. The van der Waals surface area contributed by atoms with Crippen LogP contribution in [0.4, 0.5) is 11.4 Å². The second kappa shape index (κ2) is 6.69. The summed E-state index contributed by atoms with van der Waals surface area (Å²) in [6.45, 7) is 1.69. The molecular formula is C14H11ClN6O4S. The number of sulfonamides is 1. The lowest BCUT2D eigenvalue weighted by Gasteiger charge is -2.13. The minimum absolute atomic E-state index is 0.147. The van der Waals surface area contributed by atoms with Gasteiger partial charge in [-0.2, -0.15) is 0 Å². The Labute approximate surface area is 152 Å². The summed E-state index contributed by atoms with van der Waals surface area (Å²) in [5.41, 5.74) is 0.952. The topological polar surface area (TPSA) is 133 Å². The van der Waals surface area contributed by atoms with Gasteiger partial charge in [0.05, 0.1) is 21.2 Å². The summed E-state index contributed by atoms with van der Waals surface area (Å²) >= 11 is 5.73. The number of benzene rings is 2. The van der Waals surface area contributed by atoms with Gasteiger partial charge in [0.15, 0.2) is 0 Å². The van der Waals surface area contributed by atoms with Crippen molar-refractivity contribution in [2.24, 2.45) is 0 Å². The Morgan fingerprint density at radius 1 is 1.27 bits per heavy atom. The second-order valence-electron chi connectivity index (χ2n) is 5.18. The molecule has 0 aliphatic rings. The number of hydrogen-bond acceptors (Lipinski definition) is 7. The van der Waals surface area contributed by atoms with E-state index in [4.69, 9.17) is 11.6 Å². The third kappa shape index (κ3) is 3.34. The molecule has 2 aromatic carbocycles. The Balaban J connectivity index is 2.00. The number of tetrazole rings is 1. The maximum atomic E-state index is 12.6. The fourth-order valence-corrected chi connectivity index (χ4v) is 3.59. The van der Waals surface area contributed by atoms with Gasteiger partial charge in [0, 0.05) is 6.07 Å². The van der Waals surface area contributed by atoms with Crippen molar-refractivity contribution >= 4 is 33.0 Å². The molecule has 0 saturated carbocycles. The fraction of sp³-hybridized carbons (Fsp3) is 0.0714. The maximum Gasteiger partial charge on any atom is 0.289 e. The number of halogens is 1. The maximum absolute atomic E-state index is 12.6. The highest BCUT2D eigenvalue weighted by atomic mass is 35.5. The highest BCUT2D eigenvalue weighted by Gasteiger charge is 2.22. The van der Waals surface area contributed by atoms with Gasteiger partial charge < -0.3 is 0 Å². The van der Waals surface area contributed by atoms with Crippen molar-refractivity contribution in [1.29, 1.82) is 0 Å². The van der Waals surface area contributed by atoms with Crippen molar-refractivity contribution in [3.05, 3.63) is 63.4 Å². The lowest BCUT2D eigenvalue weighted by atomic mass is 10.1. The molecule has 0 atom stereocenters. The van der Waals surface area contributed by atoms with Crippen molar-refractivity contribution in [2.75, 3.05) is 4.72 Å². The minimum atomic E-state index is -4.07. The van der Waals surface area contributed by atoms with E-state index >= 15 is 0 Å². The van der Waals surface area contributed by atoms with Gasteiger partial charge in [-0.25, -0.2) is 13.1 Å². The Morgan fingerprint density at radius 2 is 2.04 bits per heavy atom. The van der Waals surface area contributed by atoms with Crippen molar-refractivity contribution < 1.29 is 13.3 Å². The zero-order valence-electron chi connectivity index (χ0n) is 13.2. The Kier molecular flexibility index (Phi) is 4.57. The zero-order valence-corrected chi connectivity index (χ0v) is 14.8. The summed E-state index contributed by atoms with van der Waals surface area (Å²) in [5, 5.41) is 21.7. The van der Waals surface area contributed by atoms with Crippen LogP contribution in [0.3, 0.4) is 0 Å². The van der Waals surface area contributed by atoms with Crippen LogP contribution < -0.4 is 4.72 Å².